The van der Waals surface area contributed by atoms with Crippen molar-refractivity contribution in [1.82, 2.24) is 20.2 Å². The highest BCUT2D eigenvalue weighted by atomic mass is 16.2. The molecular formula is C20H25N5O2. The van der Waals surface area contributed by atoms with Gasteiger partial charge in [0.25, 0.3) is 5.91 Å². The van der Waals surface area contributed by atoms with E-state index in [4.69, 9.17) is 0 Å². The number of rotatable bonds is 6. The molecule has 7 nitrogen and oxygen atoms in total. The molecule has 0 atom stereocenters. The fourth-order valence-corrected chi connectivity index (χ4v) is 2.66. The molecule has 0 bridgehead atoms. The fourth-order valence-electron chi connectivity index (χ4n) is 2.66. The lowest BCUT2D eigenvalue weighted by atomic mass is 10.0. The van der Waals surface area contributed by atoms with Gasteiger partial charge in [-0.25, -0.2) is 9.97 Å². The molecule has 1 heterocycles. The number of hydrogen-bond donors (Lipinski definition) is 1. The summed E-state index contributed by atoms with van der Waals surface area (Å²) in [5.41, 5.74) is 2.90. The first kappa shape index (κ1) is 18.8. The first-order valence-corrected chi connectivity index (χ1v) is 9.00. The van der Waals surface area contributed by atoms with Gasteiger partial charge < -0.3 is 15.1 Å². The summed E-state index contributed by atoms with van der Waals surface area (Å²) < 4.78 is 0. The van der Waals surface area contributed by atoms with Gasteiger partial charge in [-0.05, 0) is 18.4 Å². The topological polar surface area (TPSA) is 78.4 Å². The van der Waals surface area contributed by atoms with Gasteiger partial charge in [0.1, 0.15) is 0 Å². The maximum Gasteiger partial charge on any atom is 0.257 e. The second kappa shape index (κ2) is 7.73. The van der Waals surface area contributed by atoms with Crippen LogP contribution in [0.25, 0.3) is 11.3 Å². The molecule has 3 rings (SSSR count). The van der Waals surface area contributed by atoms with Gasteiger partial charge in [-0.3, -0.25) is 9.59 Å². The molecule has 7 heteroatoms. The molecule has 1 aromatic carbocycles. The minimum absolute atomic E-state index is 0.129. The quantitative estimate of drug-likeness (QED) is 0.844. The summed E-state index contributed by atoms with van der Waals surface area (Å²) in [5, 5.41) is 2.96. The highest BCUT2D eigenvalue weighted by Crippen LogP contribution is 2.29. The third-order valence-corrected chi connectivity index (χ3v) is 4.45. The Kier molecular flexibility index (Phi) is 5.39. The molecule has 2 aromatic rings. The monoisotopic (exact) mass is 367 g/mol. The number of nitrogens with one attached hydrogen (secondary N) is 1. The zero-order chi connectivity index (χ0) is 19.6. The molecular weight excluding hydrogens is 342 g/mol. The fraction of sp³-hybridized carbons (Fsp3) is 0.400. The molecule has 0 saturated heterocycles. The van der Waals surface area contributed by atoms with Crippen molar-refractivity contribution in [2.45, 2.75) is 19.4 Å². The van der Waals surface area contributed by atoms with Crippen molar-refractivity contribution < 1.29 is 9.59 Å². The van der Waals surface area contributed by atoms with Crippen molar-refractivity contribution in [3.05, 3.63) is 41.6 Å². The van der Waals surface area contributed by atoms with Crippen molar-refractivity contribution in [1.29, 1.82) is 0 Å². The van der Waals surface area contributed by atoms with Crippen LogP contribution in [0.3, 0.4) is 0 Å². The number of benzene rings is 1. The minimum atomic E-state index is -0.143. The molecule has 0 unspecified atom stereocenters. The van der Waals surface area contributed by atoms with E-state index < -0.39 is 0 Å². The third kappa shape index (κ3) is 4.42. The lowest BCUT2D eigenvalue weighted by Crippen LogP contribution is -2.24. The van der Waals surface area contributed by atoms with Gasteiger partial charge in [0.15, 0.2) is 0 Å². The van der Waals surface area contributed by atoms with Gasteiger partial charge in [0.05, 0.1) is 11.3 Å². The second-order valence-electron chi connectivity index (χ2n) is 7.22. The van der Waals surface area contributed by atoms with Crippen LogP contribution in [0.1, 0.15) is 28.8 Å². The van der Waals surface area contributed by atoms with Crippen molar-refractivity contribution in [3.63, 3.8) is 0 Å². The normalized spacial score (nSPS) is 13.2. The van der Waals surface area contributed by atoms with Crippen LogP contribution in [0.15, 0.2) is 30.5 Å². The molecule has 1 N–H and O–H groups in total. The standard InChI is InChI=1S/C20H25N5O2/c1-24(2)19(27)16-12-22-20(25(3)4)23-17(16)14-7-5-13(6-8-14)11-21-18(26)15-9-10-15/h5-8,12,15H,9-11H2,1-4H3,(H,21,26). The summed E-state index contributed by atoms with van der Waals surface area (Å²) in [5.74, 6) is 0.732. The average Bonchev–Trinajstić information content (AvgIpc) is 3.50. The van der Waals surface area contributed by atoms with Gasteiger partial charge in [-0.15, -0.1) is 0 Å². The van der Waals surface area contributed by atoms with E-state index in [2.05, 4.69) is 15.3 Å². The predicted octanol–water partition coefficient (Wildman–Crippen LogP) is 1.94. The van der Waals surface area contributed by atoms with E-state index in [1.165, 1.54) is 4.90 Å². The van der Waals surface area contributed by atoms with E-state index in [0.29, 0.717) is 23.8 Å². The summed E-state index contributed by atoms with van der Waals surface area (Å²) in [6.45, 7) is 0.506. The number of amides is 2. The molecule has 142 valence electrons. The summed E-state index contributed by atoms with van der Waals surface area (Å²) in [6.07, 6.45) is 3.56. The smallest absolute Gasteiger partial charge is 0.257 e. The minimum Gasteiger partial charge on any atom is -0.352 e. The zero-order valence-electron chi connectivity index (χ0n) is 16.2. The number of carbonyl (C=O) groups excluding carboxylic acids is 2. The second-order valence-corrected chi connectivity index (χ2v) is 7.22. The molecule has 27 heavy (non-hydrogen) atoms. The first-order valence-electron chi connectivity index (χ1n) is 9.00. The van der Waals surface area contributed by atoms with E-state index in [0.717, 1.165) is 24.0 Å². The zero-order valence-corrected chi connectivity index (χ0v) is 16.2. The Hall–Kier alpha value is -2.96. The van der Waals surface area contributed by atoms with E-state index in [1.807, 2.05) is 38.4 Å². The molecule has 2 amide bonds. The Morgan fingerprint density at radius 2 is 1.78 bits per heavy atom. The van der Waals surface area contributed by atoms with Gasteiger partial charge >= 0.3 is 0 Å². The molecule has 1 aliphatic rings. The van der Waals surface area contributed by atoms with Crippen molar-refractivity contribution in [3.8, 4) is 11.3 Å². The van der Waals surface area contributed by atoms with Crippen LogP contribution in [0.5, 0.6) is 0 Å². The Balaban J connectivity index is 1.85. The molecule has 1 aromatic heterocycles. The number of nitrogens with zero attached hydrogens (tertiary/aromatic N) is 4. The van der Waals surface area contributed by atoms with Gasteiger partial charge in [0.2, 0.25) is 11.9 Å². The molecule has 1 fully saturated rings. The molecule has 0 aliphatic heterocycles. The van der Waals surface area contributed by atoms with Crippen LogP contribution in [0.2, 0.25) is 0 Å². The number of aromatic nitrogens is 2. The lowest BCUT2D eigenvalue weighted by molar-refractivity contribution is -0.122. The lowest BCUT2D eigenvalue weighted by Gasteiger charge is -2.16. The van der Waals surface area contributed by atoms with Crippen LogP contribution >= 0.6 is 0 Å². The van der Waals surface area contributed by atoms with Crippen molar-refractivity contribution in [2.75, 3.05) is 33.1 Å². The molecule has 1 aliphatic carbocycles. The maximum atomic E-state index is 12.5. The van der Waals surface area contributed by atoms with Crippen LogP contribution < -0.4 is 10.2 Å². The van der Waals surface area contributed by atoms with E-state index in [9.17, 15) is 9.59 Å². The van der Waals surface area contributed by atoms with Crippen molar-refractivity contribution in [2.24, 2.45) is 5.92 Å². The number of hydrogen-bond acceptors (Lipinski definition) is 5. The Bertz CT molecular complexity index is 842. The summed E-state index contributed by atoms with van der Waals surface area (Å²) >= 11 is 0. The van der Waals surface area contributed by atoms with Crippen LogP contribution in [0.4, 0.5) is 5.95 Å². The first-order chi connectivity index (χ1) is 12.9. The van der Waals surface area contributed by atoms with Crippen LogP contribution in [-0.2, 0) is 11.3 Å². The number of anilines is 1. The summed E-state index contributed by atoms with van der Waals surface area (Å²) in [4.78, 5) is 36.5. The number of carbonyl (C=O) groups is 2. The van der Waals surface area contributed by atoms with Gasteiger partial charge in [-0.2, -0.15) is 0 Å². The third-order valence-electron chi connectivity index (χ3n) is 4.45. The predicted molar refractivity (Wildman–Crippen MR) is 104 cm³/mol. The van der Waals surface area contributed by atoms with E-state index in [-0.39, 0.29) is 17.7 Å². The van der Waals surface area contributed by atoms with Crippen LogP contribution in [-0.4, -0.2) is 54.9 Å². The Morgan fingerprint density at radius 3 is 2.33 bits per heavy atom. The van der Waals surface area contributed by atoms with Crippen molar-refractivity contribution >= 4 is 17.8 Å². The van der Waals surface area contributed by atoms with Gasteiger partial charge in [0, 0.05) is 52.4 Å². The molecule has 0 radical (unpaired) electrons. The highest BCUT2D eigenvalue weighted by Gasteiger charge is 2.29. The van der Waals surface area contributed by atoms with Gasteiger partial charge in [-0.1, -0.05) is 24.3 Å². The molecule has 0 spiro atoms. The SMILES string of the molecule is CN(C)C(=O)c1cnc(N(C)C)nc1-c1ccc(CNC(=O)C2CC2)cc1. The average molecular weight is 367 g/mol. The Labute approximate surface area is 159 Å². The summed E-state index contributed by atoms with van der Waals surface area (Å²) in [7, 11) is 7.13. The molecule has 1 saturated carbocycles. The summed E-state index contributed by atoms with van der Waals surface area (Å²) in [6, 6.07) is 7.74. The largest absolute Gasteiger partial charge is 0.352 e. The Morgan fingerprint density at radius 1 is 1.11 bits per heavy atom. The maximum absolute atomic E-state index is 12.5. The van der Waals surface area contributed by atoms with Crippen LogP contribution in [0, 0.1) is 5.92 Å². The highest BCUT2D eigenvalue weighted by molar-refractivity contribution is 5.99. The van der Waals surface area contributed by atoms with E-state index in [1.54, 1.807) is 25.2 Å². The van der Waals surface area contributed by atoms with E-state index >= 15 is 0 Å².